The Hall–Kier alpha value is -4.01. The summed E-state index contributed by atoms with van der Waals surface area (Å²) < 4.78 is 15.5. The van der Waals surface area contributed by atoms with Crippen molar-refractivity contribution in [3.8, 4) is 0 Å². The van der Waals surface area contributed by atoms with Crippen LogP contribution >= 0.6 is 23.2 Å². The number of carbonyl (C=O) groups is 3. The fraction of sp³-hybridized carbons (Fsp3) is 0.0400. The molecule has 0 saturated carbocycles. The number of hydrogen-bond acceptors (Lipinski definition) is 4. The molecule has 1 aromatic heterocycles. The summed E-state index contributed by atoms with van der Waals surface area (Å²) in [5.74, 6) is -1.90. The van der Waals surface area contributed by atoms with Gasteiger partial charge in [-0.25, -0.2) is 9.29 Å². The fourth-order valence-electron chi connectivity index (χ4n) is 3.80. The average molecular weight is 509 g/mol. The molecule has 1 aliphatic heterocycles. The van der Waals surface area contributed by atoms with Gasteiger partial charge < -0.3 is 5.32 Å². The number of fused-ring (bicyclic) bond motifs is 1. The van der Waals surface area contributed by atoms with Crippen molar-refractivity contribution >= 4 is 52.4 Å². The SMILES string of the molecule is O=C(Nc1nn(Cc2c(F)cccc2Cl)cc1Cl)c1cccc(N2C(=O)c3ccccc3C2=O)c1. The lowest BCUT2D eigenvalue weighted by molar-refractivity contribution is 0.0924. The topological polar surface area (TPSA) is 84.3 Å². The van der Waals surface area contributed by atoms with Crippen LogP contribution in [0.1, 0.15) is 36.6 Å². The van der Waals surface area contributed by atoms with Gasteiger partial charge in [-0.15, -0.1) is 0 Å². The smallest absolute Gasteiger partial charge is 0.266 e. The van der Waals surface area contributed by atoms with Gasteiger partial charge in [0.1, 0.15) is 10.8 Å². The number of halogens is 3. The lowest BCUT2D eigenvalue weighted by Crippen LogP contribution is -2.29. The summed E-state index contributed by atoms with van der Waals surface area (Å²) in [7, 11) is 0. The number of anilines is 2. The van der Waals surface area contributed by atoms with E-state index in [2.05, 4.69) is 10.4 Å². The van der Waals surface area contributed by atoms with Crippen LogP contribution in [0.15, 0.2) is 72.9 Å². The molecule has 3 amide bonds. The number of amides is 3. The first-order chi connectivity index (χ1) is 16.8. The van der Waals surface area contributed by atoms with Crippen LogP contribution < -0.4 is 10.2 Å². The summed E-state index contributed by atoms with van der Waals surface area (Å²) >= 11 is 12.3. The van der Waals surface area contributed by atoms with E-state index in [1.165, 1.54) is 35.1 Å². The number of nitrogens with zero attached hydrogens (tertiary/aromatic N) is 3. The van der Waals surface area contributed by atoms with Crippen molar-refractivity contribution in [2.24, 2.45) is 0 Å². The number of nitrogens with one attached hydrogen (secondary N) is 1. The van der Waals surface area contributed by atoms with Gasteiger partial charge >= 0.3 is 0 Å². The summed E-state index contributed by atoms with van der Waals surface area (Å²) in [6, 6.07) is 17.0. The van der Waals surface area contributed by atoms with Crippen LogP contribution in [0.4, 0.5) is 15.9 Å². The third-order valence-corrected chi connectivity index (χ3v) is 6.12. The standard InChI is InChI=1S/C25H15Cl2FN4O3/c26-19-9-4-10-21(28)18(19)12-31-13-20(27)22(30-31)29-23(33)14-5-3-6-15(11-14)32-24(34)16-7-1-2-8-17(16)25(32)35/h1-11,13H,12H2,(H,29,30,33). The average Bonchev–Trinajstić information content (AvgIpc) is 3.32. The Morgan fingerprint density at radius 1 is 0.914 bits per heavy atom. The minimum absolute atomic E-state index is 0.0102. The summed E-state index contributed by atoms with van der Waals surface area (Å²) in [6.45, 7) is 0.0102. The van der Waals surface area contributed by atoms with Crippen molar-refractivity contribution in [1.29, 1.82) is 0 Å². The molecular weight excluding hydrogens is 494 g/mol. The van der Waals surface area contributed by atoms with Gasteiger partial charge in [-0.05, 0) is 42.5 Å². The molecule has 1 aliphatic rings. The number of carbonyl (C=O) groups excluding carboxylic acids is 3. The van der Waals surface area contributed by atoms with Crippen LogP contribution in [0.3, 0.4) is 0 Å². The molecule has 35 heavy (non-hydrogen) atoms. The van der Waals surface area contributed by atoms with Crippen molar-refractivity contribution < 1.29 is 18.8 Å². The van der Waals surface area contributed by atoms with Crippen molar-refractivity contribution in [3.05, 3.63) is 111 Å². The quantitative estimate of drug-likeness (QED) is 0.364. The Kier molecular flexibility index (Phi) is 5.84. The molecule has 0 spiro atoms. The molecule has 0 aliphatic carbocycles. The van der Waals surface area contributed by atoms with E-state index in [-0.39, 0.29) is 39.2 Å². The summed E-state index contributed by atoms with van der Waals surface area (Å²) in [6.07, 6.45) is 1.44. The fourth-order valence-corrected chi connectivity index (χ4v) is 4.22. The largest absolute Gasteiger partial charge is 0.304 e. The monoisotopic (exact) mass is 508 g/mol. The predicted molar refractivity (Wildman–Crippen MR) is 130 cm³/mol. The zero-order valence-electron chi connectivity index (χ0n) is 17.8. The Bertz CT molecular complexity index is 1460. The molecule has 4 aromatic rings. The molecule has 0 atom stereocenters. The lowest BCUT2D eigenvalue weighted by atomic mass is 10.1. The number of hydrogen-bond donors (Lipinski definition) is 1. The number of rotatable bonds is 5. The summed E-state index contributed by atoms with van der Waals surface area (Å²) in [5, 5.41) is 7.20. The number of aromatic nitrogens is 2. The molecule has 2 heterocycles. The molecule has 3 aromatic carbocycles. The van der Waals surface area contributed by atoms with Gasteiger partial charge in [0.2, 0.25) is 0 Å². The summed E-state index contributed by atoms with van der Waals surface area (Å²) in [4.78, 5) is 39.5. The highest BCUT2D eigenvalue weighted by Gasteiger charge is 2.36. The summed E-state index contributed by atoms with van der Waals surface area (Å²) in [5.41, 5.74) is 1.29. The van der Waals surface area contributed by atoms with Crippen LogP contribution in [0.25, 0.3) is 0 Å². The molecule has 5 rings (SSSR count). The Morgan fingerprint density at radius 3 is 2.29 bits per heavy atom. The van der Waals surface area contributed by atoms with E-state index in [1.807, 2.05) is 0 Å². The van der Waals surface area contributed by atoms with Crippen molar-refractivity contribution in [2.75, 3.05) is 10.2 Å². The van der Waals surface area contributed by atoms with Crippen LogP contribution in [-0.2, 0) is 6.54 Å². The molecule has 174 valence electrons. The molecule has 0 bridgehead atoms. The van der Waals surface area contributed by atoms with Crippen molar-refractivity contribution in [2.45, 2.75) is 6.54 Å². The highest BCUT2D eigenvalue weighted by atomic mass is 35.5. The van der Waals surface area contributed by atoms with Crippen LogP contribution in [-0.4, -0.2) is 27.5 Å². The maximum atomic E-state index is 14.1. The molecule has 0 radical (unpaired) electrons. The van der Waals surface area contributed by atoms with E-state index in [0.29, 0.717) is 11.1 Å². The van der Waals surface area contributed by atoms with Gasteiger partial charge in [0, 0.05) is 22.3 Å². The van der Waals surface area contributed by atoms with Gasteiger partial charge in [-0.1, -0.05) is 47.5 Å². The molecule has 0 fully saturated rings. The van der Waals surface area contributed by atoms with Gasteiger partial charge in [-0.3, -0.25) is 19.1 Å². The van der Waals surface area contributed by atoms with E-state index in [9.17, 15) is 18.8 Å². The molecule has 1 N–H and O–H groups in total. The zero-order valence-corrected chi connectivity index (χ0v) is 19.3. The van der Waals surface area contributed by atoms with E-state index < -0.39 is 23.5 Å². The predicted octanol–water partition coefficient (Wildman–Crippen LogP) is 5.43. The first kappa shape index (κ1) is 22.8. The second-order valence-electron chi connectivity index (χ2n) is 7.72. The Balaban J connectivity index is 1.36. The maximum Gasteiger partial charge on any atom is 0.266 e. The molecule has 7 nitrogen and oxygen atoms in total. The van der Waals surface area contributed by atoms with Gasteiger partial charge in [0.05, 0.1) is 23.4 Å². The maximum absolute atomic E-state index is 14.1. The normalized spacial score (nSPS) is 12.7. The van der Waals surface area contributed by atoms with E-state index in [1.54, 1.807) is 42.5 Å². The third-order valence-electron chi connectivity index (χ3n) is 5.49. The van der Waals surface area contributed by atoms with Crippen molar-refractivity contribution in [1.82, 2.24) is 9.78 Å². The Morgan fingerprint density at radius 2 is 1.60 bits per heavy atom. The van der Waals surface area contributed by atoms with Gasteiger partial charge in [-0.2, -0.15) is 5.10 Å². The Labute approximate surface area is 208 Å². The van der Waals surface area contributed by atoms with Crippen LogP contribution in [0, 0.1) is 5.82 Å². The van der Waals surface area contributed by atoms with Gasteiger partial charge in [0.25, 0.3) is 17.7 Å². The van der Waals surface area contributed by atoms with Crippen molar-refractivity contribution in [3.63, 3.8) is 0 Å². The first-order valence-corrected chi connectivity index (χ1v) is 11.1. The molecule has 0 unspecified atom stereocenters. The second-order valence-corrected chi connectivity index (χ2v) is 8.53. The van der Waals surface area contributed by atoms with E-state index in [0.717, 1.165) is 4.90 Å². The second kappa shape index (κ2) is 8.98. The number of benzene rings is 3. The first-order valence-electron chi connectivity index (χ1n) is 10.4. The van der Waals surface area contributed by atoms with Crippen LogP contribution in [0.5, 0.6) is 0 Å². The minimum atomic E-state index is -0.556. The third kappa shape index (κ3) is 4.18. The van der Waals surface area contributed by atoms with E-state index in [4.69, 9.17) is 23.2 Å². The zero-order chi connectivity index (χ0) is 24.7. The van der Waals surface area contributed by atoms with Crippen LogP contribution in [0.2, 0.25) is 10.0 Å². The van der Waals surface area contributed by atoms with E-state index >= 15 is 0 Å². The number of imide groups is 1. The minimum Gasteiger partial charge on any atom is -0.304 e. The molecule has 10 heteroatoms. The highest BCUT2D eigenvalue weighted by Crippen LogP contribution is 2.29. The molecular formula is C25H15Cl2FN4O3. The highest BCUT2D eigenvalue weighted by molar-refractivity contribution is 6.35. The van der Waals surface area contributed by atoms with Gasteiger partial charge in [0.15, 0.2) is 5.82 Å². The molecule has 0 saturated heterocycles. The lowest BCUT2D eigenvalue weighted by Gasteiger charge is -2.15.